The quantitative estimate of drug-likeness (QED) is 0.651. The number of ether oxygens (including phenoxy) is 1. The Hall–Kier alpha value is -2.29. The lowest BCUT2D eigenvalue weighted by molar-refractivity contribution is -0.385. The molecule has 0 aliphatic heterocycles. The second-order valence-corrected chi connectivity index (χ2v) is 4.75. The number of nitro groups is 1. The Morgan fingerprint density at radius 2 is 2.30 bits per heavy atom. The van der Waals surface area contributed by atoms with Crippen molar-refractivity contribution < 1.29 is 14.1 Å². The first-order valence-corrected chi connectivity index (χ1v) is 6.54. The number of nitrogens with one attached hydrogen (secondary N) is 1. The maximum atomic E-state index is 13.6. The molecule has 2 aromatic rings. The molecule has 1 aromatic carbocycles. The zero-order chi connectivity index (χ0) is 14.5. The van der Waals surface area contributed by atoms with Crippen LogP contribution in [-0.2, 0) is 6.61 Å². The van der Waals surface area contributed by atoms with Gasteiger partial charge in [-0.1, -0.05) is 11.3 Å². The van der Waals surface area contributed by atoms with E-state index in [-0.39, 0.29) is 18.0 Å². The van der Waals surface area contributed by atoms with Crippen LogP contribution in [-0.4, -0.2) is 21.7 Å². The molecule has 20 heavy (non-hydrogen) atoms. The van der Waals surface area contributed by atoms with E-state index in [4.69, 9.17) is 4.74 Å². The van der Waals surface area contributed by atoms with Crippen LogP contribution in [0.15, 0.2) is 18.2 Å². The van der Waals surface area contributed by atoms with E-state index in [0.717, 1.165) is 12.6 Å². The number of nitro benzene ring substituents is 1. The predicted octanol–water partition coefficient (Wildman–Crippen LogP) is 2.60. The summed E-state index contributed by atoms with van der Waals surface area (Å²) in [6, 6.07) is 3.22. The highest BCUT2D eigenvalue weighted by atomic mass is 32.1. The van der Waals surface area contributed by atoms with E-state index in [0.29, 0.717) is 10.1 Å². The Labute approximate surface area is 117 Å². The maximum Gasteiger partial charge on any atom is 0.272 e. The minimum Gasteiger partial charge on any atom is -0.483 e. The first kappa shape index (κ1) is 14.1. The molecular weight excluding hydrogens is 287 g/mol. The third kappa shape index (κ3) is 3.38. The Morgan fingerprint density at radius 3 is 2.95 bits per heavy atom. The second-order valence-electron chi connectivity index (χ2n) is 3.69. The molecule has 106 valence electrons. The largest absolute Gasteiger partial charge is 0.483 e. The molecular formula is C11H11FN4O3S. The van der Waals surface area contributed by atoms with Crippen molar-refractivity contribution >= 4 is 22.2 Å². The second kappa shape index (κ2) is 6.24. The van der Waals surface area contributed by atoms with Gasteiger partial charge in [0.15, 0.2) is 16.6 Å². The third-order valence-corrected chi connectivity index (χ3v) is 3.13. The lowest BCUT2D eigenvalue weighted by atomic mass is 10.3. The van der Waals surface area contributed by atoms with Gasteiger partial charge in [-0.3, -0.25) is 10.1 Å². The van der Waals surface area contributed by atoms with Crippen molar-refractivity contribution in [1.82, 2.24) is 10.2 Å². The monoisotopic (exact) mass is 298 g/mol. The first-order valence-electron chi connectivity index (χ1n) is 5.73. The smallest absolute Gasteiger partial charge is 0.272 e. The molecule has 0 bridgehead atoms. The van der Waals surface area contributed by atoms with Crippen LogP contribution in [0, 0.1) is 15.9 Å². The molecule has 1 heterocycles. The van der Waals surface area contributed by atoms with Crippen molar-refractivity contribution in [1.29, 1.82) is 0 Å². The molecule has 0 aliphatic carbocycles. The summed E-state index contributed by atoms with van der Waals surface area (Å²) in [5, 5.41) is 22.5. The SMILES string of the molecule is CCNc1nnc(COc2ccc([N+](=O)[O-])cc2F)s1. The molecule has 0 unspecified atom stereocenters. The molecule has 0 atom stereocenters. The average molecular weight is 298 g/mol. The fraction of sp³-hybridized carbons (Fsp3) is 0.273. The van der Waals surface area contributed by atoms with Gasteiger partial charge in [0.2, 0.25) is 5.13 Å². The Kier molecular flexibility index (Phi) is 4.41. The van der Waals surface area contributed by atoms with E-state index in [1.54, 1.807) is 0 Å². The predicted molar refractivity (Wildman–Crippen MR) is 71.5 cm³/mol. The van der Waals surface area contributed by atoms with Gasteiger partial charge in [-0.05, 0) is 13.0 Å². The van der Waals surface area contributed by atoms with Gasteiger partial charge in [-0.15, -0.1) is 10.2 Å². The standard InChI is InChI=1S/C11H11FN4O3S/c1-2-13-11-15-14-10(20-11)6-19-9-4-3-7(16(17)18)5-8(9)12/h3-5H,2,6H2,1H3,(H,13,15). The summed E-state index contributed by atoms with van der Waals surface area (Å²) in [4.78, 5) is 9.82. The Morgan fingerprint density at radius 1 is 1.50 bits per heavy atom. The highest BCUT2D eigenvalue weighted by Crippen LogP contribution is 2.24. The summed E-state index contributed by atoms with van der Waals surface area (Å²) >= 11 is 1.30. The number of rotatable bonds is 6. The highest BCUT2D eigenvalue weighted by molar-refractivity contribution is 7.15. The maximum absolute atomic E-state index is 13.6. The molecule has 0 aliphatic rings. The summed E-state index contributed by atoms with van der Waals surface area (Å²) in [6.45, 7) is 2.72. The molecule has 1 N–H and O–H groups in total. The zero-order valence-electron chi connectivity index (χ0n) is 10.5. The van der Waals surface area contributed by atoms with Crippen LogP contribution in [0.2, 0.25) is 0 Å². The van der Waals surface area contributed by atoms with Crippen molar-refractivity contribution in [3.63, 3.8) is 0 Å². The van der Waals surface area contributed by atoms with Crippen molar-refractivity contribution in [3.8, 4) is 5.75 Å². The van der Waals surface area contributed by atoms with Crippen molar-refractivity contribution in [2.75, 3.05) is 11.9 Å². The van der Waals surface area contributed by atoms with Gasteiger partial charge in [0.1, 0.15) is 6.61 Å². The molecule has 0 amide bonds. The third-order valence-electron chi connectivity index (χ3n) is 2.27. The molecule has 0 fully saturated rings. The van der Waals surface area contributed by atoms with Gasteiger partial charge in [-0.2, -0.15) is 0 Å². The van der Waals surface area contributed by atoms with Crippen LogP contribution < -0.4 is 10.1 Å². The van der Waals surface area contributed by atoms with Gasteiger partial charge in [0, 0.05) is 12.6 Å². The molecule has 0 saturated carbocycles. The van der Waals surface area contributed by atoms with Crippen LogP contribution in [0.4, 0.5) is 15.2 Å². The molecule has 2 rings (SSSR count). The summed E-state index contributed by atoms with van der Waals surface area (Å²) in [5.41, 5.74) is -0.319. The molecule has 0 saturated heterocycles. The van der Waals surface area contributed by atoms with Gasteiger partial charge in [0.05, 0.1) is 11.0 Å². The van der Waals surface area contributed by atoms with Crippen molar-refractivity contribution in [2.24, 2.45) is 0 Å². The lowest BCUT2D eigenvalue weighted by Gasteiger charge is -2.04. The number of non-ortho nitro benzene ring substituents is 1. The van der Waals surface area contributed by atoms with Crippen LogP contribution in [0.25, 0.3) is 0 Å². The van der Waals surface area contributed by atoms with Crippen LogP contribution in [0.1, 0.15) is 11.9 Å². The van der Waals surface area contributed by atoms with Gasteiger partial charge in [0.25, 0.3) is 5.69 Å². The van der Waals surface area contributed by atoms with Gasteiger partial charge in [-0.25, -0.2) is 4.39 Å². The van der Waals surface area contributed by atoms with Crippen molar-refractivity contribution in [3.05, 3.63) is 39.1 Å². The van der Waals surface area contributed by atoms with Gasteiger partial charge < -0.3 is 10.1 Å². The number of hydrogen-bond acceptors (Lipinski definition) is 7. The van der Waals surface area contributed by atoms with Gasteiger partial charge >= 0.3 is 0 Å². The molecule has 7 nitrogen and oxygen atoms in total. The first-order chi connectivity index (χ1) is 9.60. The zero-order valence-corrected chi connectivity index (χ0v) is 11.3. The van der Waals surface area contributed by atoms with E-state index >= 15 is 0 Å². The van der Waals surface area contributed by atoms with E-state index in [1.807, 2.05) is 6.92 Å². The number of halogens is 1. The lowest BCUT2D eigenvalue weighted by Crippen LogP contribution is -1.98. The minimum absolute atomic E-state index is 0.0534. The van der Waals surface area contributed by atoms with E-state index in [1.165, 1.54) is 23.5 Å². The van der Waals surface area contributed by atoms with Crippen LogP contribution in [0.3, 0.4) is 0 Å². The van der Waals surface area contributed by atoms with Crippen LogP contribution >= 0.6 is 11.3 Å². The Bertz CT molecular complexity index is 619. The van der Waals surface area contributed by atoms with Crippen LogP contribution in [0.5, 0.6) is 5.75 Å². The number of benzene rings is 1. The summed E-state index contributed by atoms with van der Waals surface area (Å²) in [6.07, 6.45) is 0. The molecule has 0 spiro atoms. The molecule has 0 radical (unpaired) electrons. The molecule has 9 heteroatoms. The normalized spacial score (nSPS) is 10.3. The summed E-state index contributed by atoms with van der Waals surface area (Å²) < 4.78 is 18.8. The van der Waals surface area contributed by atoms with Crippen molar-refractivity contribution in [2.45, 2.75) is 13.5 Å². The number of hydrogen-bond donors (Lipinski definition) is 1. The Balaban J connectivity index is 2.01. The highest BCUT2D eigenvalue weighted by Gasteiger charge is 2.12. The number of aromatic nitrogens is 2. The fourth-order valence-corrected chi connectivity index (χ4v) is 2.12. The van der Waals surface area contributed by atoms with E-state index in [9.17, 15) is 14.5 Å². The summed E-state index contributed by atoms with van der Waals surface area (Å²) in [5.74, 6) is -0.841. The molecule has 1 aromatic heterocycles. The average Bonchev–Trinajstić information content (AvgIpc) is 2.85. The fourth-order valence-electron chi connectivity index (χ4n) is 1.39. The topological polar surface area (TPSA) is 90.2 Å². The number of nitrogens with zero attached hydrogens (tertiary/aromatic N) is 3. The van der Waals surface area contributed by atoms with E-state index < -0.39 is 10.7 Å². The number of anilines is 1. The minimum atomic E-state index is -0.782. The summed E-state index contributed by atoms with van der Waals surface area (Å²) in [7, 11) is 0. The van der Waals surface area contributed by atoms with E-state index in [2.05, 4.69) is 15.5 Å².